The van der Waals surface area contributed by atoms with E-state index in [4.69, 9.17) is 14.2 Å². The number of hydrogen-bond donors (Lipinski definition) is 4. The van der Waals surface area contributed by atoms with Crippen LogP contribution in [0.3, 0.4) is 0 Å². The van der Waals surface area contributed by atoms with E-state index in [9.17, 15) is 19.2 Å². The van der Waals surface area contributed by atoms with Crippen molar-refractivity contribution in [2.75, 3.05) is 39.7 Å². The Morgan fingerprint density at radius 1 is 0.978 bits per heavy atom. The first-order valence-corrected chi connectivity index (χ1v) is 14.7. The zero-order valence-electron chi connectivity index (χ0n) is 26.2. The van der Waals surface area contributed by atoms with Crippen LogP contribution in [0.25, 0.3) is 11.1 Å². The number of methoxy groups -OCH3 is 3. The maximum Gasteiger partial charge on any atom is 0.242 e. The van der Waals surface area contributed by atoms with Crippen molar-refractivity contribution >= 4 is 23.9 Å². The van der Waals surface area contributed by atoms with Gasteiger partial charge in [-0.2, -0.15) is 0 Å². The first-order chi connectivity index (χ1) is 21.7. The summed E-state index contributed by atoms with van der Waals surface area (Å²) < 4.78 is 17.0. The molecule has 11 nitrogen and oxygen atoms in total. The highest BCUT2D eigenvalue weighted by Crippen LogP contribution is 2.50. The van der Waals surface area contributed by atoms with E-state index >= 15 is 0 Å². The molecule has 3 aromatic carbocycles. The highest BCUT2D eigenvalue weighted by Gasteiger charge is 2.29. The van der Waals surface area contributed by atoms with E-state index in [1.54, 1.807) is 20.3 Å². The van der Waals surface area contributed by atoms with E-state index in [-0.39, 0.29) is 30.3 Å². The van der Waals surface area contributed by atoms with E-state index < -0.39 is 12.1 Å². The molecule has 11 heteroatoms. The molecule has 0 aromatic heterocycles. The summed E-state index contributed by atoms with van der Waals surface area (Å²) in [7, 11) is 4.64. The minimum absolute atomic E-state index is 0.211. The quantitative estimate of drug-likeness (QED) is 0.170. The highest BCUT2D eigenvalue weighted by molar-refractivity contribution is 5.85. The molecule has 3 aromatic rings. The van der Waals surface area contributed by atoms with Crippen LogP contribution in [-0.2, 0) is 27.2 Å². The van der Waals surface area contributed by atoms with Crippen LogP contribution in [-0.4, -0.2) is 58.7 Å². The number of carbonyl (C=O) groups is 3. The maximum atomic E-state index is 13.5. The molecule has 2 atom stereocenters. The fraction of sp³-hybridized carbons (Fsp3) is 0.353. The van der Waals surface area contributed by atoms with Crippen molar-refractivity contribution < 1.29 is 28.6 Å². The third kappa shape index (κ3) is 7.72. The van der Waals surface area contributed by atoms with Gasteiger partial charge in [-0.15, -0.1) is 0 Å². The number of anilines is 1. The third-order valence-corrected chi connectivity index (χ3v) is 7.80. The van der Waals surface area contributed by atoms with Crippen molar-refractivity contribution in [2.45, 2.75) is 45.2 Å². The van der Waals surface area contributed by atoms with E-state index in [0.717, 1.165) is 27.8 Å². The largest absolute Gasteiger partial charge is 0.493 e. The lowest BCUT2D eigenvalue weighted by Crippen LogP contribution is -2.46. The molecule has 0 bridgehead atoms. The highest BCUT2D eigenvalue weighted by atomic mass is 16.5. The summed E-state index contributed by atoms with van der Waals surface area (Å²) in [5, 5.41) is 11.5. The van der Waals surface area contributed by atoms with Gasteiger partial charge in [-0.25, -0.2) is 0 Å². The van der Waals surface area contributed by atoms with Gasteiger partial charge in [0.05, 0.1) is 33.1 Å². The van der Waals surface area contributed by atoms with Gasteiger partial charge in [0.15, 0.2) is 11.5 Å². The molecule has 45 heavy (non-hydrogen) atoms. The van der Waals surface area contributed by atoms with Gasteiger partial charge in [-0.3, -0.25) is 19.2 Å². The topological polar surface area (TPSA) is 144 Å². The Balaban J connectivity index is 1.59. The van der Waals surface area contributed by atoms with Crippen molar-refractivity contribution in [1.29, 1.82) is 0 Å². The molecular weight excluding hydrogens is 576 g/mol. The molecule has 1 aliphatic carbocycles. The van der Waals surface area contributed by atoms with Gasteiger partial charge in [0.1, 0.15) is 6.04 Å². The third-order valence-electron chi connectivity index (χ3n) is 7.80. The predicted octanol–water partition coefficient (Wildman–Crippen LogP) is 3.06. The number of amides is 3. The minimum Gasteiger partial charge on any atom is -0.493 e. The monoisotopic (exact) mass is 616 g/mol. The Kier molecular flexibility index (Phi) is 11.0. The Labute approximate surface area is 262 Å². The van der Waals surface area contributed by atoms with E-state index in [2.05, 4.69) is 21.3 Å². The maximum absolute atomic E-state index is 13.5. The van der Waals surface area contributed by atoms with Crippen molar-refractivity contribution in [3.63, 3.8) is 0 Å². The zero-order chi connectivity index (χ0) is 32.5. The smallest absolute Gasteiger partial charge is 0.242 e. The number of rotatable bonds is 13. The Hall–Kier alpha value is -5.06. The summed E-state index contributed by atoms with van der Waals surface area (Å²) in [5.74, 6) is 0.874. The van der Waals surface area contributed by atoms with Crippen LogP contribution in [0.4, 0.5) is 5.69 Å². The lowest BCUT2D eigenvalue weighted by molar-refractivity contribution is -0.125. The second-order valence-electron chi connectivity index (χ2n) is 10.8. The normalized spacial score (nSPS) is 14.0. The molecule has 0 unspecified atom stereocenters. The second-order valence-corrected chi connectivity index (χ2v) is 10.8. The molecule has 0 spiro atoms. The number of nitrogens with one attached hydrogen (secondary N) is 4. The van der Waals surface area contributed by atoms with Crippen LogP contribution in [0, 0.1) is 6.92 Å². The number of fused-ring (bicyclic) bond motifs is 3. The zero-order valence-corrected chi connectivity index (χ0v) is 26.2. The summed E-state index contributed by atoms with van der Waals surface area (Å²) in [6, 6.07) is 13.6. The van der Waals surface area contributed by atoms with Crippen LogP contribution >= 0.6 is 0 Å². The van der Waals surface area contributed by atoms with Crippen molar-refractivity contribution in [2.24, 2.45) is 0 Å². The fourth-order valence-corrected chi connectivity index (χ4v) is 5.63. The van der Waals surface area contributed by atoms with Crippen LogP contribution < -0.4 is 40.9 Å². The molecule has 3 amide bonds. The van der Waals surface area contributed by atoms with Crippen molar-refractivity contribution in [1.82, 2.24) is 16.0 Å². The van der Waals surface area contributed by atoms with Crippen LogP contribution in [0.2, 0.25) is 0 Å². The van der Waals surface area contributed by atoms with Crippen molar-refractivity contribution in [3.05, 3.63) is 81.0 Å². The molecule has 0 fully saturated rings. The lowest BCUT2D eigenvalue weighted by Gasteiger charge is -2.19. The first kappa shape index (κ1) is 32.8. The summed E-state index contributed by atoms with van der Waals surface area (Å²) in [5.41, 5.74) is 5.13. The molecule has 0 saturated carbocycles. The average molecular weight is 617 g/mol. The second kappa shape index (κ2) is 15.1. The molecule has 4 N–H and O–H groups in total. The molecule has 0 heterocycles. The Morgan fingerprint density at radius 3 is 2.36 bits per heavy atom. The van der Waals surface area contributed by atoms with Crippen LogP contribution in [0.15, 0.2) is 53.3 Å². The summed E-state index contributed by atoms with van der Waals surface area (Å²) in [4.78, 5) is 49.7. The number of carbonyl (C=O) groups excluding carboxylic acids is 3. The van der Waals surface area contributed by atoms with E-state index in [1.807, 2.05) is 43.3 Å². The predicted molar refractivity (Wildman–Crippen MR) is 172 cm³/mol. The van der Waals surface area contributed by atoms with Gasteiger partial charge in [0, 0.05) is 32.0 Å². The minimum atomic E-state index is -0.734. The van der Waals surface area contributed by atoms with Crippen LogP contribution in [0.1, 0.15) is 41.6 Å². The molecule has 0 aliphatic heterocycles. The molecule has 238 valence electrons. The summed E-state index contributed by atoms with van der Waals surface area (Å²) in [6.07, 6.45) is 2.01. The Morgan fingerprint density at radius 2 is 1.71 bits per heavy atom. The number of aryl methyl sites for hydroxylation is 2. The van der Waals surface area contributed by atoms with Gasteiger partial charge in [0.2, 0.25) is 29.4 Å². The Bertz CT molecular complexity index is 1610. The molecular formula is C34H40N4O7. The lowest BCUT2D eigenvalue weighted by atomic mass is 9.95. The van der Waals surface area contributed by atoms with Gasteiger partial charge in [-0.1, -0.05) is 35.9 Å². The summed E-state index contributed by atoms with van der Waals surface area (Å²) >= 11 is 0. The van der Waals surface area contributed by atoms with Crippen LogP contribution in [0.5, 0.6) is 17.2 Å². The standard InChI is InChI=1S/C34H40N4O7/c1-20-6-8-22(9-7-20)16-28(37-19-39)34(42)36-15-14-35-27-13-11-24-25(18-29(27)41)26(38-21(2)40)12-10-23-17-30(43-3)32(44-4)33(45-5)31(23)24/h6-9,11,13,17-19,26,28H,10,12,14-16H2,1-5H3,(H,35,41)(H,36,42)(H,37,39)(H,38,40)/t26-,28-/m0/s1. The van der Waals surface area contributed by atoms with Gasteiger partial charge < -0.3 is 35.5 Å². The number of benzene rings is 2. The van der Waals surface area contributed by atoms with Gasteiger partial charge in [-0.05, 0) is 60.2 Å². The van der Waals surface area contributed by atoms with Gasteiger partial charge in [0.25, 0.3) is 0 Å². The van der Waals surface area contributed by atoms with E-state index in [0.29, 0.717) is 54.2 Å². The summed E-state index contributed by atoms with van der Waals surface area (Å²) in [6.45, 7) is 3.90. The SMILES string of the molecule is COc1cc2c(c(OC)c1OC)-c1ccc(NCCNC(=O)[C@H](Cc3ccc(C)cc3)NC=O)c(=O)cc1[C@@H](NC(C)=O)CC2. The molecule has 1 aliphatic rings. The first-order valence-electron chi connectivity index (χ1n) is 14.7. The fourth-order valence-electron chi connectivity index (χ4n) is 5.63. The van der Waals surface area contributed by atoms with E-state index in [1.165, 1.54) is 20.1 Å². The number of hydrogen-bond acceptors (Lipinski definition) is 8. The average Bonchev–Trinajstić information content (AvgIpc) is 3.27. The molecule has 4 rings (SSSR count). The van der Waals surface area contributed by atoms with Gasteiger partial charge >= 0.3 is 0 Å². The number of ether oxygens (including phenoxy) is 3. The molecule has 0 saturated heterocycles. The molecule has 0 radical (unpaired) electrons. The van der Waals surface area contributed by atoms with Crippen molar-refractivity contribution in [3.8, 4) is 28.4 Å².